The Morgan fingerprint density at radius 3 is 2.28 bits per heavy atom. The molecular formula is C18H18Cl2FN3O. The summed E-state index contributed by atoms with van der Waals surface area (Å²) in [6.07, 6.45) is 0. The summed E-state index contributed by atoms with van der Waals surface area (Å²) in [7, 11) is 0. The minimum Gasteiger partial charge on any atom is -0.374 e. The van der Waals surface area contributed by atoms with E-state index in [1.54, 1.807) is 35.2 Å². The van der Waals surface area contributed by atoms with Crippen LogP contribution in [0.4, 0.5) is 15.8 Å². The van der Waals surface area contributed by atoms with Gasteiger partial charge in [-0.15, -0.1) is 0 Å². The maximum atomic E-state index is 13.9. The van der Waals surface area contributed by atoms with Crippen molar-refractivity contribution in [3.63, 3.8) is 0 Å². The Morgan fingerprint density at radius 1 is 1.00 bits per heavy atom. The van der Waals surface area contributed by atoms with Crippen LogP contribution in [-0.2, 0) is 4.79 Å². The maximum absolute atomic E-state index is 13.9. The fraction of sp³-hybridized carbons (Fsp3) is 0.278. The Kier molecular flexibility index (Phi) is 5.66. The average Bonchev–Trinajstić information content (AvgIpc) is 2.62. The van der Waals surface area contributed by atoms with Crippen molar-refractivity contribution in [3.05, 3.63) is 58.3 Å². The molecule has 0 saturated carbocycles. The van der Waals surface area contributed by atoms with Gasteiger partial charge in [0.25, 0.3) is 0 Å². The molecule has 1 aliphatic rings. The van der Waals surface area contributed by atoms with Crippen molar-refractivity contribution in [2.75, 3.05) is 42.9 Å². The Hall–Kier alpha value is -1.98. The average molecular weight is 382 g/mol. The summed E-state index contributed by atoms with van der Waals surface area (Å²) in [5.74, 6) is -0.276. The lowest BCUT2D eigenvalue weighted by Crippen LogP contribution is -2.50. The largest absolute Gasteiger partial charge is 0.374 e. The first-order chi connectivity index (χ1) is 12.1. The van der Waals surface area contributed by atoms with E-state index >= 15 is 0 Å². The molecule has 25 heavy (non-hydrogen) atoms. The molecule has 7 heteroatoms. The van der Waals surface area contributed by atoms with Crippen molar-refractivity contribution >= 4 is 40.5 Å². The van der Waals surface area contributed by atoms with E-state index in [4.69, 9.17) is 23.2 Å². The van der Waals surface area contributed by atoms with Crippen molar-refractivity contribution < 1.29 is 9.18 Å². The topological polar surface area (TPSA) is 35.6 Å². The van der Waals surface area contributed by atoms with Gasteiger partial charge in [0.15, 0.2) is 0 Å². The Balaban J connectivity index is 1.54. The third-order valence-electron chi connectivity index (χ3n) is 4.20. The fourth-order valence-corrected chi connectivity index (χ4v) is 3.38. The molecule has 0 unspecified atom stereocenters. The standard InChI is InChI=1S/C18H18Cl2FN3O/c19-13-4-3-5-14(20)18(13)22-12-17(25)24-10-8-23(9-11-24)16-7-2-1-6-15(16)21/h1-7,22H,8-12H2. The molecule has 1 saturated heterocycles. The van der Waals surface area contributed by atoms with Crippen molar-refractivity contribution in [3.8, 4) is 0 Å². The van der Waals surface area contributed by atoms with E-state index in [1.807, 2.05) is 11.0 Å². The van der Waals surface area contributed by atoms with Crippen LogP contribution in [0.5, 0.6) is 0 Å². The summed E-state index contributed by atoms with van der Waals surface area (Å²) in [4.78, 5) is 16.1. The molecule has 0 spiro atoms. The van der Waals surface area contributed by atoms with Gasteiger partial charge in [-0.25, -0.2) is 4.39 Å². The summed E-state index contributed by atoms with van der Waals surface area (Å²) in [6.45, 7) is 2.40. The van der Waals surface area contributed by atoms with Crippen LogP contribution in [0.25, 0.3) is 0 Å². The summed E-state index contributed by atoms with van der Waals surface area (Å²) in [6, 6.07) is 11.9. The zero-order valence-electron chi connectivity index (χ0n) is 13.5. The lowest BCUT2D eigenvalue weighted by atomic mass is 10.2. The first kappa shape index (κ1) is 17.8. The molecule has 1 amide bonds. The lowest BCUT2D eigenvalue weighted by Gasteiger charge is -2.36. The van der Waals surface area contributed by atoms with Gasteiger partial charge in [-0.2, -0.15) is 0 Å². The number of benzene rings is 2. The number of carbonyl (C=O) groups excluding carboxylic acids is 1. The normalized spacial score (nSPS) is 14.5. The van der Waals surface area contributed by atoms with Crippen molar-refractivity contribution in [1.82, 2.24) is 4.90 Å². The van der Waals surface area contributed by atoms with Crippen LogP contribution in [0.1, 0.15) is 0 Å². The number of piperazine rings is 1. The highest BCUT2D eigenvalue weighted by Crippen LogP contribution is 2.29. The predicted molar refractivity (Wildman–Crippen MR) is 100 cm³/mol. The molecule has 0 radical (unpaired) electrons. The fourth-order valence-electron chi connectivity index (χ4n) is 2.85. The highest BCUT2D eigenvalue weighted by Gasteiger charge is 2.22. The van der Waals surface area contributed by atoms with Gasteiger partial charge in [0.05, 0.1) is 28.0 Å². The number of hydrogen-bond acceptors (Lipinski definition) is 3. The van der Waals surface area contributed by atoms with Gasteiger partial charge in [0, 0.05) is 26.2 Å². The molecule has 4 nitrogen and oxygen atoms in total. The third-order valence-corrected chi connectivity index (χ3v) is 4.83. The van der Waals surface area contributed by atoms with Gasteiger partial charge in [-0.05, 0) is 24.3 Å². The van der Waals surface area contributed by atoms with E-state index in [-0.39, 0.29) is 18.3 Å². The monoisotopic (exact) mass is 381 g/mol. The number of nitrogens with zero attached hydrogens (tertiary/aromatic N) is 2. The Labute approximate surface area is 156 Å². The third kappa shape index (κ3) is 4.17. The van der Waals surface area contributed by atoms with Crippen molar-refractivity contribution in [2.24, 2.45) is 0 Å². The minimum absolute atomic E-state index is 0.0378. The number of rotatable bonds is 4. The highest BCUT2D eigenvalue weighted by atomic mass is 35.5. The van der Waals surface area contributed by atoms with Crippen LogP contribution in [0, 0.1) is 5.82 Å². The summed E-state index contributed by atoms with van der Waals surface area (Å²) in [5.41, 5.74) is 1.14. The number of hydrogen-bond donors (Lipinski definition) is 1. The molecule has 1 heterocycles. The van der Waals surface area contributed by atoms with Crippen LogP contribution in [-0.4, -0.2) is 43.5 Å². The zero-order chi connectivity index (χ0) is 17.8. The van der Waals surface area contributed by atoms with Gasteiger partial charge < -0.3 is 15.1 Å². The number of nitrogens with one attached hydrogen (secondary N) is 1. The number of halogens is 3. The van der Waals surface area contributed by atoms with Crippen LogP contribution in [0.3, 0.4) is 0 Å². The number of amides is 1. The van der Waals surface area contributed by atoms with Gasteiger partial charge in [-0.1, -0.05) is 41.4 Å². The van der Waals surface area contributed by atoms with Gasteiger partial charge in [-0.3, -0.25) is 4.79 Å². The predicted octanol–water partition coefficient (Wildman–Crippen LogP) is 3.89. The molecule has 132 valence electrons. The van der Waals surface area contributed by atoms with Gasteiger partial charge in [0.2, 0.25) is 5.91 Å². The molecule has 1 fully saturated rings. The molecule has 0 atom stereocenters. The SMILES string of the molecule is O=C(CNc1c(Cl)cccc1Cl)N1CCN(c2ccccc2F)CC1. The van der Waals surface area contributed by atoms with Crippen LogP contribution < -0.4 is 10.2 Å². The zero-order valence-corrected chi connectivity index (χ0v) is 15.0. The Morgan fingerprint density at radius 2 is 1.64 bits per heavy atom. The van der Waals surface area contributed by atoms with Gasteiger partial charge in [0.1, 0.15) is 5.82 Å². The van der Waals surface area contributed by atoms with Crippen LogP contribution in [0.2, 0.25) is 10.0 Å². The number of para-hydroxylation sites is 2. The molecule has 2 aromatic carbocycles. The second-order valence-corrected chi connectivity index (χ2v) is 6.58. The van der Waals surface area contributed by atoms with Crippen LogP contribution in [0.15, 0.2) is 42.5 Å². The minimum atomic E-state index is -0.239. The Bertz CT molecular complexity index is 743. The van der Waals surface area contributed by atoms with Gasteiger partial charge >= 0.3 is 0 Å². The smallest absolute Gasteiger partial charge is 0.241 e. The van der Waals surface area contributed by atoms with E-state index in [0.29, 0.717) is 47.6 Å². The second kappa shape index (κ2) is 7.93. The summed E-state index contributed by atoms with van der Waals surface area (Å²) in [5, 5.41) is 3.95. The molecule has 1 N–H and O–H groups in total. The lowest BCUT2D eigenvalue weighted by molar-refractivity contribution is -0.129. The summed E-state index contributed by atoms with van der Waals surface area (Å²) < 4.78 is 13.9. The molecule has 0 bridgehead atoms. The first-order valence-electron chi connectivity index (χ1n) is 8.01. The van der Waals surface area contributed by atoms with E-state index in [2.05, 4.69) is 5.32 Å². The van der Waals surface area contributed by atoms with Crippen LogP contribution >= 0.6 is 23.2 Å². The van der Waals surface area contributed by atoms with E-state index in [1.165, 1.54) is 6.07 Å². The molecule has 1 aliphatic heterocycles. The molecule has 0 aliphatic carbocycles. The van der Waals surface area contributed by atoms with E-state index < -0.39 is 0 Å². The quantitative estimate of drug-likeness (QED) is 0.872. The van der Waals surface area contributed by atoms with Crippen molar-refractivity contribution in [1.29, 1.82) is 0 Å². The summed E-state index contributed by atoms with van der Waals surface area (Å²) >= 11 is 12.2. The maximum Gasteiger partial charge on any atom is 0.241 e. The number of carbonyl (C=O) groups is 1. The molecular weight excluding hydrogens is 364 g/mol. The second-order valence-electron chi connectivity index (χ2n) is 5.77. The molecule has 3 rings (SSSR count). The first-order valence-corrected chi connectivity index (χ1v) is 8.77. The highest BCUT2D eigenvalue weighted by molar-refractivity contribution is 6.39. The molecule has 2 aromatic rings. The van der Waals surface area contributed by atoms with E-state index in [0.717, 1.165) is 0 Å². The van der Waals surface area contributed by atoms with Crippen molar-refractivity contribution in [2.45, 2.75) is 0 Å². The number of anilines is 2. The van der Waals surface area contributed by atoms with E-state index in [9.17, 15) is 9.18 Å². The molecule has 0 aromatic heterocycles.